The maximum Gasteiger partial charge on any atom is 0.270 e. The summed E-state index contributed by atoms with van der Waals surface area (Å²) < 4.78 is 27.3. The Balaban J connectivity index is 1.98. The van der Waals surface area contributed by atoms with Crippen molar-refractivity contribution in [1.29, 1.82) is 0 Å². The van der Waals surface area contributed by atoms with E-state index in [2.05, 4.69) is 20.9 Å². The van der Waals surface area contributed by atoms with Crippen molar-refractivity contribution in [3.05, 3.63) is 33.9 Å². The predicted molar refractivity (Wildman–Crippen MR) is 75.8 cm³/mol. The first-order chi connectivity index (χ1) is 9.88. The molecule has 0 spiro atoms. The molecule has 1 amide bonds. The third-order valence-electron chi connectivity index (χ3n) is 3.60. The maximum absolute atomic E-state index is 13.8. The second kappa shape index (κ2) is 5.04. The maximum atomic E-state index is 13.8. The number of nitrogens with one attached hydrogen (secondary N) is 1. The molecule has 2 atom stereocenters. The van der Waals surface area contributed by atoms with Crippen LogP contribution in [0.25, 0.3) is 10.9 Å². The molecule has 0 saturated carbocycles. The first-order valence-corrected chi connectivity index (χ1v) is 7.07. The van der Waals surface area contributed by atoms with E-state index in [-0.39, 0.29) is 28.8 Å². The Morgan fingerprint density at radius 3 is 2.71 bits per heavy atom. The fourth-order valence-corrected chi connectivity index (χ4v) is 2.86. The van der Waals surface area contributed by atoms with E-state index >= 15 is 0 Å². The quantitative estimate of drug-likeness (QED) is 0.672. The van der Waals surface area contributed by atoms with Gasteiger partial charge in [-0.25, -0.2) is 8.78 Å². The summed E-state index contributed by atoms with van der Waals surface area (Å²) in [6.45, 7) is 0.339. The van der Waals surface area contributed by atoms with E-state index in [1.807, 2.05) is 0 Å². The van der Waals surface area contributed by atoms with Crippen LogP contribution in [0.15, 0.2) is 16.6 Å². The number of hydrogen-bond donors (Lipinski definition) is 3. The van der Waals surface area contributed by atoms with Crippen LogP contribution in [0.5, 0.6) is 0 Å². The van der Waals surface area contributed by atoms with Crippen LogP contribution in [0.3, 0.4) is 0 Å². The molecule has 3 rings (SSSR count). The molecule has 1 aromatic heterocycles. The number of nitrogens with zero attached hydrogens (tertiary/aromatic N) is 1. The largest absolute Gasteiger partial charge is 0.390 e. The number of amides is 1. The summed E-state index contributed by atoms with van der Waals surface area (Å²) in [7, 11) is 0. The zero-order chi connectivity index (χ0) is 15.3. The van der Waals surface area contributed by atoms with Crippen molar-refractivity contribution < 1.29 is 18.7 Å². The molecule has 0 unspecified atom stereocenters. The van der Waals surface area contributed by atoms with Crippen LogP contribution in [0.4, 0.5) is 8.78 Å². The highest BCUT2D eigenvalue weighted by Crippen LogP contribution is 2.28. The normalized spacial score (nSPS) is 22.2. The summed E-state index contributed by atoms with van der Waals surface area (Å²) >= 11 is 2.92. The summed E-state index contributed by atoms with van der Waals surface area (Å²) in [6.07, 6.45) is -0.776. The molecule has 4 N–H and O–H groups in total. The second-order valence-electron chi connectivity index (χ2n) is 5.07. The Hall–Kier alpha value is -1.51. The van der Waals surface area contributed by atoms with Crippen molar-refractivity contribution in [2.24, 2.45) is 5.73 Å². The number of aromatic nitrogens is 1. The Bertz CT molecular complexity index is 724. The summed E-state index contributed by atoms with van der Waals surface area (Å²) in [5.41, 5.74) is 5.71. The van der Waals surface area contributed by atoms with E-state index in [4.69, 9.17) is 5.73 Å². The molecule has 21 heavy (non-hydrogen) atoms. The molecule has 2 heterocycles. The number of H-pyrrole nitrogens is 1. The van der Waals surface area contributed by atoms with E-state index in [0.717, 1.165) is 0 Å². The van der Waals surface area contributed by atoms with Gasteiger partial charge in [0, 0.05) is 24.5 Å². The van der Waals surface area contributed by atoms with E-state index in [1.54, 1.807) is 0 Å². The average molecular weight is 360 g/mol. The van der Waals surface area contributed by atoms with Gasteiger partial charge in [0.1, 0.15) is 5.69 Å². The number of aliphatic hydroxyl groups excluding tert-OH is 1. The van der Waals surface area contributed by atoms with Crippen molar-refractivity contribution in [3.8, 4) is 0 Å². The minimum absolute atomic E-state index is 0.0101. The lowest BCUT2D eigenvalue weighted by molar-refractivity contribution is 0.0760. The Kier molecular flexibility index (Phi) is 3.46. The third kappa shape index (κ3) is 2.33. The molecule has 0 bridgehead atoms. The summed E-state index contributed by atoms with van der Waals surface area (Å²) in [4.78, 5) is 16.3. The van der Waals surface area contributed by atoms with Crippen LogP contribution in [-0.2, 0) is 0 Å². The van der Waals surface area contributed by atoms with Gasteiger partial charge in [0.25, 0.3) is 5.91 Å². The van der Waals surface area contributed by atoms with E-state index in [0.29, 0.717) is 5.39 Å². The minimum Gasteiger partial charge on any atom is -0.390 e. The van der Waals surface area contributed by atoms with Gasteiger partial charge in [-0.05, 0) is 28.1 Å². The van der Waals surface area contributed by atoms with E-state index in [1.165, 1.54) is 17.0 Å². The van der Waals surface area contributed by atoms with Gasteiger partial charge in [0.15, 0.2) is 11.6 Å². The first kappa shape index (κ1) is 14.4. The topological polar surface area (TPSA) is 82.3 Å². The molecule has 1 aromatic carbocycles. The fourth-order valence-electron chi connectivity index (χ4n) is 2.44. The number of aliphatic hydroxyl groups is 1. The number of nitrogens with two attached hydrogens (primary N) is 1. The molecule has 0 radical (unpaired) electrons. The summed E-state index contributed by atoms with van der Waals surface area (Å²) in [5, 5.41) is 9.96. The Morgan fingerprint density at radius 2 is 2.10 bits per heavy atom. The highest BCUT2D eigenvalue weighted by molar-refractivity contribution is 9.10. The summed E-state index contributed by atoms with van der Waals surface area (Å²) in [5.74, 6) is -2.47. The number of carbonyl (C=O) groups excluding carboxylic acids is 1. The van der Waals surface area contributed by atoms with Gasteiger partial charge in [-0.15, -0.1) is 0 Å². The van der Waals surface area contributed by atoms with E-state index < -0.39 is 29.7 Å². The van der Waals surface area contributed by atoms with Gasteiger partial charge < -0.3 is 20.7 Å². The highest BCUT2D eigenvalue weighted by Gasteiger charge is 2.32. The molecule has 1 aliphatic rings. The molecular weight excluding hydrogens is 348 g/mol. The SMILES string of the molecule is N[C@H]1CN(C(=O)c2cc3cc(Br)c(F)c(F)c3[nH]2)C[C@@H]1O. The van der Waals surface area contributed by atoms with E-state index in [9.17, 15) is 18.7 Å². The monoisotopic (exact) mass is 359 g/mol. The smallest absolute Gasteiger partial charge is 0.270 e. The molecule has 0 aliphatic carbocycles. The number of carbonyl (C=O) groups is 1. The first-order valence-electron chi connectivity index (χ1n) is 6.27. The number of β-amino-alcohol motifs (C(OH)–C–C–N with tert-alkyl or cyclic N) is 1. The zero-order valence-corrected chi connectivity index (χ0v) is 12.3. The molecule has 112 valence electrons. The number of hydrogen-bond acceptors (Lipinski definition) is 3. The number of likely N-dealkylation sites (tertiary alicyclic amines) is 1. The summed E-state index contributed by atoms with van der Waals surface area (Å²) in [6, 6.07) is 2.34. The zero-order valence-electron chi connectivity index (χ0n) is 10.7. The van der Waals surface area contributed by atoms with Crippen LogP contribution >= 0.6 is 15.9 Å². The number of rotatable bonds is 1. The molecule has 1 saturated heterocycles. The molecular formula is C13H12BrF2N3O2. The number of halogens is 3. The third-order valence-corrected chi connectivity index (χ3v) is 4.18. The van der Waals surface area contributed by atoms with Crippen molar-refractivity contribution in [2.75, 3.05) is 13.1 Å². The number of fused-ring (bicyclic) bond motifs is 1. The Labute approximate surface area is 126 Å². The Morgan fingerprint density at radius 1 is 1.38 bits per heavy atom. The van der Waals surface area contributed by atoms with Crippen LogP contribution in [0, 0.1) is 11.6 Å². The lowest BCUT2D eigenvalue weighted by Gasteiger charge is -2.13. The van der Waals surface area contributed by atoms with Gasteiger partial charge in [-0.3, -0.25) is 4.79 Å². The van der Waals surface area contributed by atoms with Gasteiger partial charge in [0.05, 0.1) is 16.1 Å². The van der Waals surface area contributed by atoms with Crippen LogP contribution in [0.2, 0.25) is 0 Å². The standard InChI is InChI=1S/C13H12BrF2N3O2/c14-6-1-5-2-8(18-12(5)11(16)10(6)15)13(21)19-3-7(17)9(20)4-19/h1-2,7,9,18,20H,3-4,17H2/t7-,9-/m0/s1. The van der Waals surface area contributed by atoms with Crippen LogP contribution in [-0.4, -0.2) is 46.1 Å². The second-order valence-corrected chi connectivity index (χ2v) is 5.93. The van der Waals surface area contributed by atoms with Crippen molar-refractivity contribution in [3.63, 3.8) is 0 Å². The molecule has 1 fully saturated rings. The van der Waals surface area contributed by atoms with Crippen molar-refractivity contribution in [1.82, 2.24) is 9.88 Å². The fraction of sp³-hybridized carbons (Fsp3) is 0.308. The van der Waals surface area contributed by atoms with Gasteiger partial charge in [0.2, 0.25) is 0 Å². The minimum atomic E-state index is -1.04. The molecule has 8 heteroatoms. The van der Waals surface area contributed by atoms with Crippen LogP contribution in [0.1, 0.15) is 10.5 Å². The molecule has 5 nitrogen and oxygen atoms in total. The van der Waals surface area contributed by atoms with Crippen molar-refractivity contribution in [2.45, 2.75) is 12.1 Å². The average Bonchev–Trinajstić information content (AvgIpc) is 3.00. The van der Waals surface area contributed by atoms with Gasteiger partial charge >= 0.3 is 0 Å². The van der Waals surface area contributed by atoms with Gasteiger partial charge in [-0.2, -0.15) is 0 Å². The predicted octanol–water partition coefficient (Wildman–Crippen LogP) is 1.35. The molecule has 1 aliphatic heterocycles. The van der Waals surface area contributed by atoms with Gasteiger partial charge in [-0.1, -0.05) is 0 Å². The molecule has 2 aromatic rings. The number of benzene rings is 1. The lowest BCUT2D eigenvalue weighted by atomic mass is 10.2. The number of aromatic amines is 1. The highest BCUT2D eigenvalue weighted by atomic mass is 79.9. The lowest BCUT2D eigenvalue weighted by Crippen LogP contribution is -2.33. The van der Waals surface area contributed by atoms with Crippen molar-refractivity contribution >= 4 is 32.7 Å². The van der Waals surface area contributed by atoms with Crippen LogP contribution < -0.4 is 5.73 Å².